The van der Waals surface area contributed by atoms with E-state index >= 15 is 0 Å². The number of nitrogens with one attached hydrogen (secondary N) is 1. The summed E-state index contributed by atoms with van der Waals surface area (Å²) in [6.07, 6.45) is 7.04. The fourth-order valence-corrected chi connectivity index (χ4v) is 5.02. The van der Waals surface area contributed by atoms with Crippen LogP contribution in [0.15, 0.2) is 41.9 Å². The molecule has 10 heteroatoms. The molecule has 0 radical (unpaired) electrons. The molecular formula is C21H23N7O2S. The maximum Gasteiger partial charge on any atom is 0.184 e. The molecule has 31 heavy (non-hydrogen) atoms. The van der Waals surface area contributed by atoms with E-state index in [1.165, 1.54) is 0 Å². The topological polar surface area (TPSA) is 134 Å². The van der Waals surface area contributed by atoms with Gasteiger partial charge in [0.15, 0.2) is 16.6 Å². The summed E-state index contributed by atoms with van der Waals surface area (Å²) in [6.45, 7) is 0.615. The molecule has 3 aromatic heterocycles. The number of aliphatic hydroxyl groups excluding tert-OH is 1. The number of hydrogen-bond acceptors (Lipinski definition) is 8. The second-order valence-corrected chi connectivity index (χ2v) is 8.88. The summed E-state index contributed by atoms with van der Waals surface area (Å²) in [5.74, 6) is 0.00440. The molecule has 1 aromatic carbocycles. The van der Waals surface area contributed by atoms with Crippen molar-refractivity contribution in [3.8, 4) is 0 Å². The van der Waals surface area contributed by atoms with E-state index in [4.69, 9.17) is 10.9 Å². The predicted molar refractivity (Wildman–Crippen MR) is 121 cm³/mol. The van der Waals surface area contributed by atoms with Crippen LogP contribution >= 0.6 is 11.3 Å². The number of nitrogens with zero attached hydrogens (tertiary/aromatic N) is 5. The molecule has 1 aliphatic carbocycles. The summed E-state index contributed by atoms with van der Waals surface area (Å²) in [4.78, 5) is 13.5. The third-order valence-electron chi connectivity index (χ3n) is 5.70. The number of oxime groups is 1. The van der Waals surface area contributed by atoms with Gasteiger partial charge in [-0.1, -0.05) is 35.4 Å². The quantitative estimate of drug-likeness (QED) is 0.163. The number of aliphatic hydroxyl groups is 1. The van der Waals surface area contributed by atoms with E-state index < -0.39 is 0 Å². The first-order valence-electron chi connectivity index (χ1n) is 10.2. The van der Waals surface area contributed by atoms with Gasteiger partial charge in [0.25, 0.3) is 0 Å². The minimum absolute atomic E-state index is 0.00440. The van der Waals surface area contributed by atoms with Gasteiger partial charge in [-0.2, -0.15) is 0 Å². The van der Waals surface area contributed by atoms with E-state index in [1.54, 1.807) is 29.9 Å². The number of hydrogen-bond donors (Lipinski definition) is 4. The standard InChI is InChI=1S/C21H23N7O2S/c22-19(27-30)13-8-16-20(23-9-13)28(11-24-16)10-12-5-6-15-18(7-12)31-21(26-15)25-14-3-1-2-4-17(14)29/h5-9,11,14,17,29-30H,1-4,10H2,(H2,22,27)(H,25,26)/t14-,17-/m1/s1. The van der Waals surface area contributed by atoms with Gasteiger partial charge < -0.3 is 25.9 Å². The number of aromatic nitrogens is 4. The number of imidazole rings is 1. The highest BCUT2D eigenvalue weighted by Gasteiger charge is 2.23. The van der Waals surface area contributed by atoms with E-state index in [-0.39, 0.29) is 18.0 Å². The molecular weight excluding hydrogens is 414 g/mol. The third-order valence-corrected chi connectivity index (χ3v) is 6.65. The second-order valence-electron chi connectivity index (χ2n) is 7.85. The molecule has 0 bridgehead atoms. The predicted octanol–water partition coefficient (Wildman–Crippen LogP) is 2.90. The van der Waals surface area contributed by atoms with Crippen molar-refractivity contribution in [3.05, 3.63) is 47.9 Å². The lowest BCUT2D eigenvalue weighted by Crippen LogP contribution is -2.36. The average molecular weight is 438 g/mol. The number of pyridine rings is 1. The van der Waals surface area contributed by atoms with Crippen LogP contribution in [0.3, 0.4) is 0 Å². The minimum atomic E-state index is -0.308. The zero-order valence-corrected chi connectivity index (χ0v) is 17.6. The highest BCUT2D eigenvalue weighted by Crippen LogP contribution is 2.30. The Labute approximate surface area is 182 Å². The number of thiazole rings is 1. The molecule has 5 N–H and O–H groups in total. The van der Waals surface area contributed by atoms with Crippen molar-refractivity contribution in [3.63, 3.8) is 0 Å². The smallest absolute Gasteiger partial charge is 0.184 e. The largest absolute Gasteiger partial charge is 0.409 e. The van der Waals surface area contributed by atoms with Crippen molar-refractivity contribution in [2.75, 3.05) is 5.32 Å². The Balaban J connectivity index is 1.37. The van der Waals surface area contributed by atoms with Gasteiger partial charge in [-0.3, -0.25) is 0 Å². The fraction of sp³-hybridized carbons (Fsp3) is 0.333. The van der Waals surface area contributed by atoms with Gasteiger partial charge >= 0.3 is 0 Å². The zero-order chi connectivity index (χ0) is 21.4. The lowest BCUT2D eigenvalue weighted by atomic mass is 9.93. The van der Waals surface area contributed by atoms with Crippen molar-refractivity contribution in [2.24, 2.45) is 10.9 Å². The Hall–Kier alpha value is -3.24. The van der Waals surface area contributed by atoms with Gasteiger partial charge in [-0.25, -0.2) is 15.0 Å². The summed E-state index contributed by atoms with van der Waals surface area (Å²) >= 11 is 1.61. The van der Waals surface area contributed by atoms with Crippen LogP contribution in [0.2, 0.25) is 0 Å². The Morgan fingerprint density at radius 1 is 1.23 bits per heavy atom. The zero-order valence-electron chi connectivity index (χ0n) is 16.8. The van der Waals surface area contributed by atoms with Crippen LogP contribution in [0.25, 0.3) is 21.4 Å². The first-order valence-corrected chi connectivity index (χ1v) is 11.1. The normalized spacial score (nSPS) is 19.8. The summed E-state index contributed by atoms with van der Waals surface area (Å²) in [5, 5.41) is 26.3. The summed E-state index contributed by atoms with van der Waals surface area (Å²) in [7, 11) is 0. The highest BCUT2D eigenvalue weighted by molar-refractivity contribution is 7.22. The fourth-order valence-electron chi connectivity index (χ4n) is 4.03. The number of amidine groups is 1. The van der Waals surface area contributed by atoms with Crippen molar-refractivity contribution < 1.29 is 10.3 Å². The Bertz CT molecular complexity index is 1270. The van der Waals surface area contributed by atoms with E-state index in [9.17, 15) is 5.11 Å². The monoisotopic (exact) mass is 437 g/mol. The van der Waals surface area contributed by atoms with Crippen molar-refractivity contribution in [1.29, 1.82) is 0 Å². The van der Waals surface area contributed by atoms with Gasteiger partial charge in [0.2, 0.25) is 0 Å². The summed E-state index contributed by atoms with van der Waals surface area (Å²) in [5.41, 5.74) is 9.63. The van der Waals surface area contributed by atoms with Crippen molar-refractivity contribution >= 4 is 43.7 Å². The van der Waals surface area contributed by atoms with E-state index in [2.05, 4.69) is 37.6 Å². The van der Waals surface area contributed by atoms with Crippen LogP contribution in [0, 0.1) is 0 Å². The van der Waals surface area contributed by atoms with Crippen LogP contribution < -0.4 is 11.1 Å². The summed E-state index contributed by atoms with van der Waals surface area (Å²) in [6, 6.07) is 8.03. The Morgan fingerprint density at radius 2 is 2.10 bits per heavy atom. The molecule has 1 aliphatic rings. The molecule has 0 spiro atoms. The lowest BCUT2D eigenvalue weighted by molar-refractivity contribution is 0.116. The van der Waals surface area contributed by atoms with Gasteiger partial charge in [0.05, 0.1) is 35.2 Å². The molecule has 4 aromatic rings. The molecule has 0 unspecified atom stereocenters. The Kier molecular flexibility index (Phi) is 5.16. The van der Waals surface area contributed by atoms with Crippen molar-refractivity contribution in [2.45, 2.75) is 44.4 Å². The summed E-state index contributed by atoms with van der Waals surface area (Å²) < 4.78 is 3.06. The molecule has 1 saturated carbocycles. The molecule has 5 rings (SSSR count). The molecule has 1 fully saturated rings. The minimum Gasteiger partial charge on any atom is -0.409 e. The third kappa shape index (κ3) is 3.91. The van der Waals surface area contributed by atoms with Gasteiger partial charge in [-0.05, 0) is 36.6 Å². The number of fused-ring (bicyclic) bond motifs is 2. The maximum atomic E-state index is 10.2. The first kappa shape index (κ1) is 19.7. The second kappa shape index (κ2) is 8.12. The molecule has 0 aliphatic heterocycles. The average Bonchev–Trinajstić information content (AvgIpc) is 3.37. The van der Waals surface area contributed by atoms with Crippen LogP contribution in [0.4, 0.5) is 5.13 Å². The molecule has 2 atom stereocenters. The van der Waals surface area contributed by atoms with E-state index in [0.717, 1.165) is 52.2 Å². The molecule has 160 valence electrons. The SMILES string of the molecule is NC(=NO)c1cnc2c(c1)ncn2Cc1ccc2nc(N[C@@H]3CCCC[C@H]3O)sc2c1. The Morgan fingerprint density at radius 3 is 2.94 bits per heavy atom. The molecule has 3 heterocycles. The molecule has 0 saturated heterocycles. The van der Waals surface area contributed by atoms with Gasteiger partial charge in [-0.15, -0.1) is 0 Å². The highest BCUT2D eigenvalue weighted by atomic mass is 32.1. The number of rotatable bonds is 5. The molecule has 9 nitrogen and oxygen atoms in total. The van der Waals surface area contributed by atoms with E-state index in [1.807, 2.05) is 10.6 Å². The van der Waals surface area contributed by atoms with Gasteiger partial charge in [0.1, 0.15) is 5.52 Å². The van der Waals surface area contributed by atoms with Crippen LogP contribution in [-0.2, 0) is 6.54 Å². The molecule has 0 amide bonds. The van der Waals surface area contributed by atoms with Gasteiger partial charge in [0, 0.05) is 11.8 Å². The number of nitrogens with two attached hydrogens (primary N) is 1. The van der Waals surface area contributed by atoms with Crippen molar-refractivity contribution in [1.82, 2.24) is 19.5 Å². The lowest BCUT2D eigenvalue weighted by Gasteiger charge is -2.27. The first-order chi connectivity index (χ1) is 15.1. The van der Waals surface area contributed by atoms with Crippen LogP contribution in [-0.4, -0.2) is 47.8 Å². The maximum absolute atomic E-state index is 10.2. The number of benzene rings is 1. The van der Waals surface area contributed by atoms with Crippen LogP contribution in [0.1, 0.15) is 36.8 Å². The number of anilines is 1. The van der Waals surface area contributed by atoms with E-state index in [0.29, 0.717) is 17.6 Å². The van der Waals surface area contributed by atoms with Crippen LogP contribution in [0.5, 0.6) is 0 Å².